The Balaban J connectivity index is 1.30. The SMILES string of the molecule is COC(=O)N[C@H](C(=O)N1CCC[C@H]1c1ncc(-c2ccc([C@H]3CCCN3c3ccc(F)cc3)cc2)[nH]1)C(C)C. The summed E-state index contributed by atoms with van der Waals surface area (Å²) >= 11 is 0. The molecular weight excluding hydrogens is 497 g/mol. The van der Waals surface area contributed by atoms with Crippen LogP contribution in [0.1, 0.15) is 63.0 Å². The van der Waals surface area contributed by atoms with Crippen LogP contribution in [-0.2, 0) is 9.53 Å². The Hall–Kier alpha value is -3.88. The normalized spacial score (nSPS) is 19.9. The first-order chi connectivity index (χ1) is 18.9. The lowest BCUT2D eigenvalue weighted by Gasteiger charge is -2.30. The highest BCUT2D eigenvalue weighted by atomic mass is 19.1. The van der Waals surface area contributed by atoms with Crippen LogP contribution in [0.25, 0.3) is 11.3 Å². The number of carbonyl (C=O) groups excluding carboxylic acids is 2. The van der Waals surface area contributed by atoms with Crippen molar-refractivity contribution in [2.75, 3.05) is 25.1 Å². The third-order valence-corrected chi connectivity index (χ3v) is 7.86. The van der Waals surface area contributed by atoms with E-state index in [2.05, 4.69) is 44.5 Å². The summed E-state index contributed by atoms with van der Waals surface area (Å²) in [5.41, 5.74) is 4.18. The number of H-pyrrole nitrogens is 1. The van der Waals surface area contributed by atoms with E-state index in [4.69, 9.17) is 4.74 Å². The first-order valence-corrected chi connectivity index (χ1v) is 13.7. The van der Waals surface area contributed by atoms with Gasteiger partial charge in [0.05, 0.1) is 31.1 Å². The van der Waals surface area contributed by atoms with Crippen molar-refractivity contribution >= 4 is 17.7 Å². The average Bonchev–Trinajstić information content (AvgIpc) is 3.72. The molecule has 206 valence electrons. The zero-order valence-electron chi connectivity index (χ0n) is 22.7. The van der Waals surface area contributed by atoms with Crippen LogP contribution < -0.4 is 10.2 Å². The molecule has 0 bridgehead atoms. The summed E-state index contributed by atoms with van der Waals surface area (Å²) in [4.78, 5) is 37.5. The first kappa shape index (κ1) is 26.7. The Morgan fingerprint density at radius 3 is 2.41 bits per heavy atom. The van der Waals surface area contributed by atoms with Crippen LogP contribution in [0.4, 0.5) is 14.9 Å². The van der Waals surface area contributed by atoms with Gasteiger partial charge in [-0.15, -0.1) is 0 Å². The molecule has 2 N–H and O–H groups in total. The topological polar surface area (TPSA) is 90.6 Å². The third kappa shape index (κ3) is 5.62. The highest BCUT2D eigenvalue weighted by Crippen LogP contribution is 2.37. The fraction of sp³-hybridized carbons (Fsp3) is 0.433. The molecule has 39 heavy (non-hydrogen) atoms. The predicted octanol–water partition coefficient (Wildman–Crippen LogP) is 5.60. The monoisotopic (exact) mass is 533 g/mol. The Kier molecular flexibility index (Phi) is 7.86. The molecule has 0 spiro atoms. The van der Waals surface area contributed by atoms with Crippen LogP contribution in [-0.4, -0.2) is 53.1 Å². The van der Waals surface area contributed by atoms with Gasteiger partial charge >= 0.3 is 6.09 Å². The molecule has 3 atom stereocenters. The molecule has 2 saturated heterocycles. The molecule has 0 saturated carbocycles. The van der Waals surface area contributed by atoms with Gasteiger partial charge in [0.2, 0.25) is 5.91 Å². The summed E-state index contributed by atoms with van der Waals surface area (Å²) < 4.78 is 18.1. The van der Waals surface area contributed by atoms with Gasteiger partial charge in [0, 0.05) is 18.8 Å². The van der Waals surface area contributed by atoms with E-state index < -0.39 is 12.1 Å². The Morgan fingerprint density at radius 1 is 1.03 bits per heavy atom. The summed E-state index contributed by atoms with van der Waals surface area (Å²) in [6.07, 6.45) is 5.03. The molecule has 2 aliphatic heterocycles. The van der Waals surface area contributed by atoms with Crippen LogP contribution in [0.3, 0.4) is 0 Å². The number of anilines is 1. The predicted molar refractivity (Wildman–Crippen MR) is 148 cm³/mol. The number of imidazole rings is 1. The molecule has 3 heterocycles. The summed E-state index contributed by atoms with van der Waals surface area (Å²) in [6, 6.07) is 14.6. The molecule has 2 amide bonds. The van der Waals surface area contributed by atoms with E-state index >= 15 is 0 Å². The summed E-state index contributed by atoms with van der Waals surface area (Å²) in [7, 11) is 1.29. The van der Waals surface area contributed by atoms with Gasteiger partial charge in [0.1, 0.15) is 17.7 Å². The van der Waals surface area contributed by atoms with Crippen molar-refractivity contribution in [1.29, 1.82) is 0 Å². The Bertz CT molecular complexity index is 1290. The smallest absolute Gasteiger partial charge is 0.407 e. The summed E-state index contributed by atoms with van der Waals surface area (Å²) in [6.45, 7) is 5.38. The molecular formula is C30H36FN5O3. The number of rotatable bonds is 7. The number of benzene rings is 2. The molecule has 5 rings (SSSR count). The van der Waals surface area contributed by atoms with Crippen molar-refractivity contribution in [3.05, 3.63) is 71.9 Å². The van der Waals surface area contributed by atoms with Gasteiger partial charge in [-0.3, -0.25) is 4.79 Å². The van der Waals surface area contributed by atoms with E-state index in [1.165, 1.54) is 24.8 Å². The number of hydrogen-bond acceptors (Lipinski definition) is 5. The molecule has 0 aliphatic carbocycles. The number of ether oxygens (including phenoxy) is 1. The molecule has 0 radical (unpaired) electrons. The summed E-state index contributed by atoms with van der Waals surface area (Å²) in [5, 5.41) is 2.69. The highest BCUT2D eigenvalue weighted by Gasteiger charge is 2.37. The Labute approximate surface area is 228 Å². The van der Waals surface area contributed by atoms with Crippen LogP contribution >= 0.6 is 0 Å². The van der Waals surface area contributed by atoms with Gasteiger partial charge < -0.3 is 24.8 Å². The molecule has 2 fully saturated rings. The number of amides is 2. The van der Waals surface area contributed by atoms with Crippen molar-refractivity contribution in [2.24, 2.45) is 5.92 Å². The maximum atomic E-state index is 13.4. The zero-order chi connectivity index (χ0) is 27.5. The minimum absolute atomic E-state index is 0.0811. The standard InChI is InChI=1S/C30H36FN5O3/c1-19(2)27(34-30(38)39-3)29(37)36-17-5-7-26(36)28-32-18-24(33-28)20-8-10-21(11-9-20)25-6-4-16-35(25)23-14-12-22(31)13-15-23/h8-15,18-19,25-27H,4-7,16-17H2,1-3H3,(H,32,33)(H,34,38)/t25-,26+,27+/m1/s1. The number of methoxy groups -OCH3 is 1. The minimum atomic E-state index is -0.662. The second-order valence-corrected chi connectivity index (χ2v) is 10.7. The van der Waals surface area contributed by atoms with Gasteiger partial charge in [-0.25, -0.2) is 14.2 Å². The number of nitrogens with zero attached hydrogens (tertiary/aromatic N) is 3. The molecule has 2 aromatic carbocycles. The van der Waals surface area contributed by atoms with Crippen molar-refractivity contribution in [1.82, 2.24) is 20.2 Å². The number of carbonyl (C=O) groups is 2. The lowest BCUT2D eigenvalue weighted by Crippen LogP contribution is -2.51. The number of likely N-dealkylation sites (tertiary alicyclic amines) is 1. The van der Waals surface area contributed by atoms with Crippen LogP contribution in [0.2, 0.25) is 0 Å². The molecule has 3 aromatic rings. The Morgan fingerprint density at radius 2 is 1.72 bits per heavy atom. The number of hydrogen-bond donors (Lipinski definition) is 2. The quantitative estimate of drug-likeness (QED) is 0.413. The van der Waals surface area contributed by atoms with Gasteiger partial charge in [0.15, 0.2) is 0 Å². The second kappa shape index (κ2) is 11.5. The third-order valence-electron chi connectivity index (χ3n) is 7.86. The summed E-state index contributed by atoms with van der Waals surface area (Å²) in [5.74, 6) is 0.323. The van der Waals surface area contributed by atoms with E-state index in [0.717, 1.165) is 55.0 Å². The van der Waals surface area contributed by atoms with Crippen LogP contribution in [0.5, 0.6) is 0 Å². The van der Waals surface area contributed by atoms with Crippen molar-refractivity contribution in [3.8, 4) is 11.3 Å². The number of aromatic nitrogens is 2. The molecule has 8 nitrogen and oxygen atoms in total. The zero-order valence-corrected chi connectivity index (χ0v) is 22.7. The molecule has 9 heteroatoms. The van der Waals surface area contributed by atoms with E-state index in [9.17, 15) is 14.0 Å². The first-order valence-electron chi connectivity index (χ1n) is 13.7. The second-order valence-electron chi connectivity index (χ2n) is 10.7. The maximum absolute atomic E-state index is 13.4. The lowest BCUT2D eigenvalue weighted by molar-refractivity contribution is -0.135. The minimum Gasteiger partial charge on any atom is -0.453 e. The van der Waals surface area contributed by atoms with Crippen molar-refractivity contribution in [2.45, 2.75) is 57.7 Å². The number of nitrogens with one attached hydrogen (secondary N) is 2. The fourth-order valence-electron chi connectivity index (χ4n) is 5.79. The molecule has 1 aromatic heterocycles. The molecule has 0 unspecified atom stereocenters. The fourth-order valence-corrected chi connectivity index (χ4v) is 5.79. The van der Waals surface area contributed by atoms with Gasteiger partial charge in [-0.05, 0) is 67.0 Å². The van der Waals surface area contributed by atoms with Gasteiger partial charge in [-0.1, -0.05) is 38.1 Å². The number of alkyl carbamates (subject to hydrolysis) is 1. The highest BCUT2D eigenvalue weighted by molar-refractivity contribution is 5.86. The van der Waals surface area contributed by atoms with E-state index in [0.29, 0.717) is 6.54 Å². The average molecular weight is 534 g/mol. The maximum Gasteiger partial charge on any atom is 0.407 e. The van der Waals surface area contributed by atoms with E-state index in [1.807, 2.05) is 37.1 Å². The van der Waals surface area contributed by atoms with Gasteiger partial charge in [-0.2, -0.15) is 0 Å². The number of aromatic amines is 1. The van der Waals surface area contributed by atoms with Crippen molar-refractivity contribution < 1.29 is 18.7 Å². The van der Waals surface area contributed by atoms with Crippen LogP contribution in [0, 0.1) is 11.7 Å². The molecule has 2 aliphatic rings. The largest absolute Gasteiger partial charge is 0.453 e. The van der Waals surface area contributed by atoms with E-state index in [1.54, 1.807) is 0 Å². The van der Waals surface area contributed by atoms with Gasteiger partial charge in [0.25, 0.3) is 0 Å². The number of halogens is 1. The van der Waals surface area contributed by atoms with Crippen LogP contribution in [0.15, 0.2) is 54.7 Å². The van der Waals surface area contributed by atoms with Crippen molar-refractivity contribution in [3.63, 3.8) is 0 Å². The lowest BCUT2D eigenvalue weighted by atomic mass is 10.0. The van der Waals surface area contributed by atoms with E-state index in [-0.39, 0.29) is 29.7 Å².